The van der Waals surface area contributed by atoms with Gasteiger partial charge in [-0.15, -0.1) is 0 Å². The molecular formula is C28H37BrN8O5S. The smallest absolute Gasteiger partial charge is 0.326 e. The van der Waals surface area contributed by atoms with Gasteiger partial charge in [0.25, 0.3) is 0 Å². The van der Waals surface area contributed by atoms with E-state index >= 15 is 0 Å². The number of ether oxygens (including phenoxy) is 1. The number of amides is 1. The van der Waals surface area contributed by atoms with Crippen LogP contribution in [0.3, 0.4) is 0 Å². The van der Waals surface area contributed by atoms with E-state index in [-0.39, 0.29) is 17.3 Å². The van der Waals surface area contributed by atoms with Crippen molar-refractivity contribution in [2.24, 2.45) is 4.99 Å². The fourth-order valence-electron chi connectivity index (χ4n) is 4.32. The Labute approximate surface area is 259 Å². The lowest BCUT2D eigenvalue weighted by Gasteiger charge is -2.25. The Morgan fingerprint density at radius 3 is 2.58 bits per heavy atom. The number of hydrogen-bond acceptors (Lipinski definition) is 10. The van der Waals surface area contributed by atoms with Gasteiger partial charge in [-0.1, -0.05) is 15.9 Å². The first-order valence-corrected chi connectivity index (χ1v) is 16.2. The molecule has 0 saturated heterocycles. The first-order chi connectivity index (χ1) is 20.3. The highest BCUT2D eigenvalue weighted by molar-refractivity contribution is 9.10. The zero-order valence-corrected chi connectivity index (χ0v) is 27.0. The molecule has 3 heterocycles. The molecule has 4 N–H and O–H groups in total. The maximum atomic E-state index is 13.1. The topological polar surface area (TPSA) is 169 Å². The number of benzene rings is 1. The molecular weight excluding hydrogens is 640 g/mol. The Hall–Kier alpha value is -3.56. The molecule has 3 aromatic rings. The molecule has 1 aliphatic rings. The maximum absolute atomic E-state index is 13.1. The molecule has 1 aromatic carbocycles. The summed E-state index contributed by atoms with van der Waals surface area (Å²) in [5, 5.41) is 9.69. The van der Waals surface area contributed by atoms with Crippen molar-refractivity contribution in [3.8, 4) is 0 Å². The largest absolute Gasteiger partial charge is 0.459 e. The van der Waals surface area contributed by atoms with Gasteiger partial charge in [0.2, 0.25) is 15.9 Å². The van der Waals surface area contributed by atoms with Crippen molar-refractivity contribution in [2.75, 3.05) is 25.0 Å². The highest BCUT2D eigenvalue weighted by Crippen LogP contribution is 2.23. The zero-order chi connectivity index (χ0) is 31.2. The molecule has 13 nitrogen and oxygen atoms in total. The predicted octanol–water partition coefficient (Wildman–Crippen LogP) is 2.85. The summed E-state index contributed by atoms with van der Waals surface area (Å²) in [5.41, 5.74) is -0.177. The number of rotatable bonds is 11. The second kappa shape index (κ2) is 13.8. The van der Waals surface area contributed by atoms with Crippen molar-refractivity contribution in [3.63, 3.8) is 0 Å². The van der Waals surface area contributed by atoms with Gasteiger partial charge in [0, 0.05) is 43.3 Å². The summed E-state index contributed by atoms with van der Waals surface area (Å²) in [6, 6.07) is 6.69. The number of halogens is 1. The van der Waals surface area contributed by atoms with Crippen molar-refractivity contribution in [2.45, 2.75) is 70.0 Å². The number of esters is 1. The average molecular weight is 678 g/mol. The quantitative estimate of drug-likeness (QED) is 0.223. The molecule has 15 heteroatoms. The molecule has 1 amide bonds. The van der Waals surface area contributed by atoms with Crippen molar-refractivity contribution in [1.29, 1.82) is 0 Å². The van der Waals surface area contributed by atoms with Gasteiger partial charge < -0.3 is 19.9 Å². The van der Waals surface area contributed by atoms with Crippen molar-refractivity contribution < 1.29 is 22.7 Å². The number of nitrogens with zero attached hydrogens (tertiary/aromatic N) is 4. The molecule has 0 saturated carbocycles. The molecule has 1 aliphatic heterocycles. The van der Waals surface area contributed by atoms with Crippen LogP contribution in [0.5, 0.6) is 0 Å². The van der Waals surface area contributed by atoms with E-state index in [9.17, 15) is 18.0 Å². The number of sulfonamides is 1. The van der Waals surface area contributed by atoms with Crippen molar-refractivity contribution >= 4 is 60.6 Å². The van der Waals surface area contributed by atoms with Crippen LogP contribution in [-0.4, -0.2) is 72.1 Å². The maximum Gasteiger partial charge on any atom is 0.326 e. The van der Waals surface area contributed by atoms with Crippen LogP contribution in [0.4, 0.5) is 5.82 Å². The fraction of sp³-hybridized carbons (Fsp3) is 0.464. The molecule has 1 atom stereocenters. The van der Waals surface area contributed by atoms with Gasteiger partial charge in [-0.3, -0.25) is 19.9 Å². The molecule has 4 rings (SSSR count). The number of anilines is 1. The van der Waals surface area contributed by atoms with Crippen molar-refractivity contribution in [3.05, 3.63) is 46.8 Å². The van der Waals surface area contributed by atoms with Gasteiger partial charge in [0.15, 0.2) is 5.96 Å². The van der Waals surface area contributed by atoms with E-state index in [0.717, 1.165) is 17.4 Å². The first-order valence-electron chi connectivity index (χ1n) is 14.0. The lowest BCUT2D eigenvalue weighted by Crippen LogP contribution is -2.48. The molecule has 0 bridgehead atoms. The molecule has 232 valence electrons. The number of aliphatic imine (C=N–C) groups is 1. The Morgan fingerprint density at radius 1 is 1.16 bits per heavy atom. The number of carbonyl (C=O) groups excluding carboxylic acids is 2. The number of carbonyl (C=O) groups is 2. The van der Waals surface area contributed by atoms with E-state index in [2.05, 4.69) is 51.6 Å². The molecule has 0 radical (unpaired) electrons. The standard InChI is InChI=1S/C28H37BrN8O5S/c1-18-33-24(21-12-16-37(25(21)34-18)15-5-7-23(38)35-27-30-13-6-14-31-27)32-17-22(26(39)42-28(2,3)4)36-43(40,41)20-10-8-19(29)9-11-20/h8-12,16,22,36H,5-7,13-15,17H2,1-4H3,(H,32,33,34)(H2,30,31,35,38)/t22-/m0/s1. The van der Waals surface area contributed by atoms with Crippen LogP contribution in [0.2, 0.25) is 0 Å². The number of guanidine groups is 1. The minimum atomic E-state index is -4.05. The minimum absolute atomic E-state index is 0.0123. The molecule has 2 aromatic heterocycles. The monoisotopic (exact) mass is 676 g/mol. The third kappa shape index (κ3) is 9.21. The van der Waals surface area contributed by atoms with Gasteiger partial charge in [-0.2, -0.15) is 4.72 Å². The second-order valence-electron chi connectivity index (χ2n) is 11.1. The van der Waals surface area contributed by atoms with Gasteiger partial charge in [0.05, 0.1) is 10.3 Å². The van der Waals surface area contributed by atoms with Crippen molar-refractivity contribution in [1.82, 2.24) is 29.9 Å². The van der Waals surface area contributed by atoms with E-state index in [0.29, 0.717) is 54.6 Å². The van der Waals surface area contributed by atoms with Crippen LogP contribution < -0.4 is 20.7 Å². The van der Waals surface area contributed by atoms with E-state index in [1.165, 1.54) is 12.1 Å². The minimum Gasteiger partial charge on any atom is -0.459 e. The lowest BCUT2D eigenvalue weighted by molar-refractivity contribution is -0.156. The van der Waals surface area contributed by atoms with Crippen LogP contribution in [0.1, 0.15) is 45.9 Å². The van der Waals surface area contributed by atoms with Gasteiger partial charge in [-0.25, -0.2) is 18.4 Å². The molecule has 43 heavy (non-hydrogen) atoms. The Balaban J connectivity index is 1.47. The predicted molar refractivity (Wildman–Crippen MR) is 167 cm³/mol. The number of fused-ring (bicyclic) bond motifs is 1. The number of hydrogen-bond donors (Lipinski definition) is 4. The van der Waals surface area contributed by atoms with Crippen LogP contribution in [0, 0.1) is 6.92 Å². The van der Waals surface area contributed by atoms with E-state index in [4.69, 9.17) is 4.74 Å². The third-order valence-electron chi connectivity index (χ3n) is 6.27. The van der Waals surface area contributed by atoms with Gasteiger partial charge in [0.1, 0.15) is 28.9 Å². The summed E-state index contributed by atoms with van der Waals surface area (Å²) in [6.45, 7) is 8.78. The summed E-state index contributed by atoms with van der Waals surface area (Å²) in [7, 11) is -4.05. The Kier molecular flexibility index (Phi) is 10.4. The Morgan fingerprint density at radius 2 is 1.91 bits per heavy atom. The molecule has 0 unspecified atom stereocenters. The summed E-state index contributed by atoms with van der Waals surface area (Å²) in [4.78, 5) is 38.8. The van der Waals surface area contributed by atoms with E-state index in [1.54, 1.807) is 39.8 Å². The molecule has 0 spiro atoms. The SMILES string of the molecule is Cc1nc(NC[C@H](NS(=O)(=O)c2ccc(Br)cc2)C(=O)OC(C)(C)C)c2ccn(CCCC(=O)NC3=NCCCN3)c2n1. The van der Waals surface area contributed by atoms with Crippen LogP contribution in [0.25, 0.3) is 11.0 Å². The van der Waals surface area contributed by atoms with E-state index in [1.807, 2.05) is 16.8 Å². The van der Waals surface area contributed by atoms with Crippen LogP contribution in [0.15, 0.2) is 50.9 Å². The highest BCUT2D eigenvalue weighted by atomic mass is 79.9. The van der Waals surface area contributed by atoms with Crippen LogP contribution >= 0.6 is 15.9 Å². The third-order valence-corrected chi connectivity index (χ3v) is 8.29. The fourth-order valence-corrected chi connectivity index (χ4v) is 5.77. The molecule has 0 aliphatic carbocycles. The summed E-state index contributed by atoms with van der Waals surface area (Å²) >= 11 is 3.30. The summed E-state index contributed by atoms with van der Waals surface area (Å²) in [6.07, 6.45) is 3.69. The normalized spacial score (nSPS) is 14.5. The van der Waals surface area contributed by atoms with Gasteiger partial charge >= 0.3 is 5.97 Å². The van der Waals surface area contributed by atoms with Crippen LogP contribution in [-0.2, 0) is 30.9 Å². The number of aromatic nitrogens is 3. The first kappa shape index (κ1) is 32.4. The summed E-state index contributed by atoms with van der Waals surface area (Å²) < 4.78 is 36.9. The summed E-state index contributed by atoms with van der Waals surface area (Å²) in [5.74, 6) is 0.602. The second-order valence-corrected chi connectivity index (χ2v) is 13.7. The molecule has 0 fully saturated rings. The average Bonchev–Trinajstić information content (AvgIpc) is 3.33. The van der Waals surface area contributed by atoms with Gasteiger partial charge in [-0.05, 0) is 70.9 Å². The zero-order valence-electron chi connectivity index (χ0n) is 24.6. The number of aryl methyl sites for hydroxylation is 2. The highest BCUT2D eigenvalue weighted by Gasteiger charge is 2.30. The van der Waals surface area contributed by atoms with E-state index < -0.39 is 27.6 Å². The Bertz CT molecular complexity index is 1600. The number of nitrogens with one attached hydrogen (secondary N) is 4. The lowest BCUT2D eigenvalue weighted by atomic mass is 10.2.